The number of aryl methyl sites for hydroxylation is 1. The Balaban J connectivity index is 1.49. The zero-order chi connectivity index (χ0) is 21.5. The van der Waals surface area contributed by atoms with Crippen LogP contribution in [0, 0.1) is 6.92 Å². The van der Waals surface area contributed by atoms with Crippen molar-refractivity contribution in [1.29, 1.82) is 0 Å². The van der Waals surface area contributed by atoms with Gasteiger partial charge in [0.15, 0.2) is 11.5 Å². The van der Waals surface area contributed by atoms with E-state index in [1.807, 2.05) is 43.3 Å². The predicted octanol–water partition coefficient (Wildman–Crippen LogP) is 2.71. The second kappa shape index (κ2) is 8.03. The molecule has 162 valence electrons. The second-order valence-electron chi connectivity index (χ2n) is 8.14. The minimum absolute atomic E-state index is 0.135. The summed E-state index contributed by atoms with van der Waals surface area (Å²) >= 11 is 0. The van der Waals surface area contributed by atoms with E-state index in [0.717, 1.165) is 22.3 Å². The zero-order valence-corrected chi connectivity index (χ0v) is 16.9. The van der Waals surface area contributed by atoms with E-state index in [4.69, 9.17) is 24.5 Å². The van der Waals surface area contributed by atoms with E-state index >= 15 is 0 Å². The van der Waals surface area contributed by atoms with Crippen molar-refractivity contribution in [2.24, 2.45) is 5.11 Å². The van der Waals surface area contributed by atoms with Gasteiger partial charge in [0.25, 0.3) is 0 Å². The average molecular weight is 425 g/mol. The molecule has 2 aromatic carbocycles. The van der Waals surface area contributed by atoms with Gasteiger partial charge >= 0.3 is 0 Å². The fraction of sp³-hybridized carbons (Fsp3) is 0.455. The molecule has 2 aromatic rings. The van der Waals surface area contributed by atoms with E-state index in [0.29, 0.717) is 11.5 Å². The van der Waals surface area contributed by atoms with Crippen LogP contribution in [0.15, 0.2) is 41.5 Å². The van der Waals surface area contributed by atoms with Crippen molar-refractivity contribution < 1.29 is 29.2 Å². The number of nitrogens with zero attached hydrogens (tertiary/aromatic N) is 3. The van der Waals surface area contributed by atoms with E-state index in [1.165, 1.54) is 0 Å². The van der Waals surface area contributed by atoms with E-state index in [2.05, 4.69) is 10.0 Å². The number of benzene rings is 2. The fourth-order valence-electron chi connectivity index (χ4n) is 4.65. The third-order valence-electron chi connectivity index (χ3n) is 6.25. The Hall–Kier alpha value is -2.81. The van der Waals surface area contributed by atoms with Gasteiger partial charge in [0, 0.05) is 10.8 Å². The highest BCUT2D eigenvalue weighted by Gasteiger charge is 2.53. The molecule has 2 aliphatic heterocycles. The molecule has 0 spiro atoms. The summed E-state index contributed by atoms with van der Waals surface area (Å²) < 4.78 is 23.2. The number of ether oxygens (including phenoxy) is 4. The van der Waals surface area contributed by atoms with Gasteiger partial charge in [0.05, 0.1) is 31.5 Å². The summed E-state index contributed by atoms with van der Waals surface area (Å²) in [6.07, 6.45) is -3.98. The highest BCUT2D eigenvalue weighted by Crippen LogP contribution is 2.47. The maximum absolute atomic E-state index is 10.8. The molecule has 1 aliphatic carbocycles. The molecule has 5 rings (SSSR count). The molecular formula is C22H23N3O6. The van der Waals surface area contributed by atoms with Crippen LogP contribution in [0.25, 0.3) is 10.4 Å². The summed E-state index contributed by atoms with van der Waals surface area (Å²) in [5.74, 6) is 0.720. The lowest BCUT2D eigenvalue weighted by Gasteiger charge is -2.48. The lowest BCUT2D eigenvalue weighted by molar-refractivity contribution is -0.199. The Labute approximate surface area is 178 Å². The summed E-state index contributed by atoms with van der Waals surface area (Å²) in [6, 6.07) is 10.7. The Morgan fingerprint density at radius 2 is 1.87 bits per heavy atom. The SMILES string of the molecule is Cc1ccc(CO[C@@H]2[C@@H](O)[C@@H](O)[C@H](N=[N+]=[N-])[C@H]3c4cc5c(cc4CO[C@@H]23)OCO5)cc1. The van der Waals surface area contributed by atoms with Crippen molar-refractivity contribution in [3.63, 3.8) is 0 Å². The van der Waals surface area contributed by atoms with E-state index in [1.54, 1.807) is 0 Å². The first-order valence-corrected chi connectivity index (χ1v) is 10.2. The number of hydrogen-bond acceptors (Lipinski definition) is 7. The van der Waals surface area contributed by atoms with Gasteiger partial charge in [-0.05, 0) is 41.3 Å². The lowest BCUT2D eigenvalue weighted by atomic mass is 9.71. The van der Waals surface area contributed by atoms with Crippen LogP contribution in [0.4, 0.5) is 0 Å². The van der Waals surface area contributed by atoms with Gasteiger partial charge in [-0.15, -0.1) is 0 Å². The van der Waals surface area contributed by atoms with Crippen molar-refractivity contribution in [3.05, 3.63) is 69.1 Å². The van der Waals surface area contributed by atoms with Gasteiger partial charge in [0.2, 0.25) is 6.79 Å². The molecule has 9 heteroatoms. The van der Waals surface area contributed by atoms with Crippen LogP contribution in [-0.4, -0.2) is 47.5 Å². The molecule has 0 amide bonds. The van der Waals surface area contributed by atoms with Crippen LogP contribution in [0.2, 0.25) is 0 Å². The minimum atomic E-state index is -1.31. The third kappa shape index (κ3) is 3.50. The van der Waals surface area contributed by atoms with Gasteiger partial charge in [-0.2, -0.15) is 0 Å². The minimum Gasteiger partial charge on any atom is -0.454 e. The Morgan fingerprint density at radius 3 is 2.61 bits per heavy atom. The first-order valence-electron chi connectivity index (χ1n) is 10.2. The zero-order valence-electron chi connectivity index (χ0n) is 16.9. The molecule has 9 nitrogen and oxygen atoms in total. The third-order valence-corrected chi connectivity index (χ3v) is 6.25. The van der Waals surface area contributed by atoms with Crippen molar-refractivity contribution in [1.82, 2.24) is 0 Å². The molecule has 31 heavy (non-hydrogen) atoms. The van der Waals surface area contributed by atoms with Gasteiger partial charge in [-0.25, -0.2) is 0 Å². The highest BCUT2D eigenvalue weighted by molar-refractivity contribution is 5.51. The van der Waals surface area contributed by atoms with E-state index in [9.17, 15) is 10.2 Å². The van der Waals surface area contributed by atoms with E-state index in [-0.39, 0.29) is 20.0 Å². The summed E-state index contributed by atoms with van der Waals surface area (Å²) in [6.45, 7) is 2.67. The van der Waals surface area contributed by atoms with Crippen molar-refractivity contribution in [2.45, 2.75) is 56.5 Å². The van der Waals surface area contributed by atoms with Crippen LogP contribution >= 0.6 is 0 Å². The van der Waals surface area contributed by atoms with Crippen molar-refractivity contribution >= 4 is 0 Å². The van der Waals surface area contributed by atoms with Crippen molar-refractivity contribution in [3.8, 4) is 11.5 Å². The topological polar surface area (TPSA) is 126 Å². The Bertz CT molecular complexity index is 1020. The molecule has 6 atom stereocenters. The van der Waals surface area contributed by atoms with Crippen LogP contribution in [0.5, 0.6) is 11.5 Å². The first kappa shape index (κ1) is 20.1. The molecule has 1 fully saturated rings. The highest BCUT2D eigenvalue weighted by atomic mass is 16.7. The van der Waals surface area contributed by atoms with Gasteiger partial charge in [0.1, 0.15) is 12.2 Å². The molecule has 2 N–H and O–H groups in total. The fourth-order valence-corrected chi connectivity index (χ4v) is 4.65. The maximum Gasteiger partial charge on any atom is 0.231 e. The predicted molar refractivity (Wildman–Crippen MR) is 109 cm³/mol. The van der Waals surface area contributed by atoms with Gasteiger partial charge in [-0.3, -0.25) is 0 Å². The quantitative estimate of drug-likeness (QED) is 0.441. The number of azide groups is 1. The molecule has 0 saturated heterocycles. The maximum atomic E-state index is 10.8. The molecule has 0 bridgehead atoms. The van der Waals surface area contributed by atoms with Gasteiger partial charge < -0.3 is 29.2 Å². The average Bonchev–Trinajstić information content (AvgIpc) is 3.23. The largest absolute Gasteiger partial charge is 0.454 e. The molecule has 0 aromatic heterocycles. The number of aliphatic hydroxyl groups is 2. The summed E-state index contributed by atoms with van der Waals surface area (Å²) in [4.78, 5) is 2.91. The summed E-state index contributed by atoms with van der Waals surface area (Å²) in [7, 11) is 0. The Morgan fingerprint density at radius 1 is 1.13 bits per heavy atom. The number of aliphatic hydroxyl groups excluding tert-OH is 2. The van der Waals surface area contributed by atoms with Crippen molar-refractivity contribution in [2.75, 3.05) is 6.79 Å². The van der Waals surface area contributed by atoms with E-state index < -0.39 is 36.4 Å². The first-order chi connectivity index (χ1) is 15.1. The molecule has 0 radical (unpaired) electrons. The normalized spacial score (nSPS) is 30.8. The molecule has 2 heterocycles. The standard InChI is InChI=1S/C22H23N3O6/c1-11-2-4-12(5-3-11)8-28-22-20(27)19(26)18(24-25-23)17-14-7-16-15(30-10-31-16)6-13(14)9-29-21(17)22/h2-7,17-22,26-27H,8-10H2,1H3/t17-,18-,19+,20+,21-,22-/m1/s1. The molecule has 3 aliphatic rings. The monoisotopic (exact) mass is 425 g/mol. The number of fused-ring (bicyclic) bond motifs is 4. The molecular weight excluding hydrogens is 402 g/mol. The van der Waals surface area contributed by atoms with Crippen LogP contribution in [0.1, 0.15) is 28.2 Å². The lowest BCUT2D eigenvalue weighted by Crippen LogP contribution is -2.61. The number of rotatable bonds is 4. The number of hydrogen-bond donors (Lipinski definition) is 2. The molecule has 1 saturated carbocycles. The molecule has 0 unspecified atom stereocenters. The van der Waals surface area contributed by atoms with Gasteiger partial charge in [-0.1, -0.05) is 34.9 Å². The van der Waals surface area contributed by atoms with Crippen LogP contribution in [-0.2, 0) is 22.7 Å². The van der Waals surface area contributed by atoms with Crippen LogP contribution < -0.4 is 9.47 Å². The summed E-state index contributed by atoms with van der Waals surface area (Å²) in [5, 5.41) is 25.5. The Kier molecular flexibility index (Phi) is 5.21. The smallest absolute Gasteiger partial charge is 0.231 e. The second-order valence-corrected chi connectivity index (χ2v) is 8.14. The van der Waals surface area contributed by atoms with Crippen LogP contribution in [0.3, 0.4) is 0 Å². The summed E-state index contributed by atoms with van der Waals surface area (Å²) in [5.41, 5.74) is 12.9.